The molecule has 0 saturated carbocycles. The Labute approximate surface area is 174 Å². The van der Waals surface area contributed by atoms with Crippen LogP contribution in [0.2, 0.25) is 0 Å². The summed E-state index contributed by atoms with van der Waals surface area (Å²) in [5.41, 5.74) is 9.62. The van der Waals surface area contributed by atoms with E-state index in [4.69, 9.17) is 15.1 Å². The van der Waals surface area contributed by atoms with Crippen LogP contribution in [0.1, 0.15) is 25.3 Å². The van der Waals surface area contributed by atoms with Crippen molar-refractivity contribution in [3.63, 3.8) is 0 Å². The highest BCUT2D eigenvalue weighted by molar-refractivity contribution is 7.99. The van der Waals surface area contributed by atoms with Crippen LogP contribution in [-0.2, 0) is 0 Å². The summed E-state index contributed by atoms with van der Waals surface area (Å²) in [7, 11) is 1.93. The number of thioether (sulfide) groups is 1. The van der Waals surface area contributed by atoms with Crippen LogP contribution in [0.25, 0.3) is 17.2 Å². The van der Waals surface area contributed by atoms with Gasteiger partial charge in [-0.15, -0.1) is 22.0 Å². The maximum Gasteiger partial charge on any atom is 0.270 e. The first-order valence-corrected chi connectivity index (χ1v) is 10.3. The van der Waals surface area contributed by atoms with Crippen molar-refractivity contribution in [1.29, 1.82) is 0 Å². The lowest BCUT2D eigenvalue weighted by Crippen LogP contribution is -2.34. The number of aromatic nitrogens is 2. The largest absolute Gasteiger partial charge is 0.414 e. The summed E-state index contributed by atoms with van der Waals surface area (Å²) in [6.07, 6.45) is 0. The van der Waals surface area contributed by atoms with Gasteiger partial charge in [0.15, 0.2) is 5.70 Å². The molecule has 0 saturated heterocycles. The molecule has 1 aliphatic heterocycles. The topological polar surface area (TPSA) is 80.5 Å². The SMILES string of the molecule is CC(C)Sc1ccc(C2=NC(c3nnc(-c4ccccc4)o3)=C(N)N(C)C2)cc1. The minimum atomic E-state index is 0.317. The van der Waals surface area contributed by atoms with Crippen LogP contribution in [0.3, 0.4) is 0 Å². The first kappa shape index (κ1) is 19.3. The van der Waals surface area contributed by atoms with Gasteiger partial charge in [0.2, 0.25) is 5.89 Å². The zero-order valence-electron chi connectivity index (χ0n) is 16.7. The molecule has 4 rings (SSSR count). The van der Waals surface area contributed by atoms with E-state index in [1.165, 1.54) is 4.90 Å². The van der Waals surface area contributed by atoms with Gasteiger partial charge in [0, 0.05) is 22.8 Å². The molecule has 1 aromatic heterocycles. The van der Waals surface area contributed by atoms with Gasteiger partial charge in [0.05, 0.1) is 12.3 Å². The molecule has 0 aliphatic carbocycles. The van der Waals surface area contributed by atoms with Crippen LogP contribution in [0.4, 0.5) is 0 Å². The molecule has 0 amide bonds. The Hall–Kier alpha value is -3.06. The van der Waals surface area contributed by atoms with E-state index in [-0.39, 0.29) is 0 Å². The molecule has 148 valence electrons. The fourth-order valence-electron chi connectivity index (χ4n) is 3.05. The Morgan fingerprint density at radius 1 is 0.966 bits per heavy atom. The molecule has 0 spiro atoms. The molecule has 0 radical (unpaired) electrons. The van der Waals surface area contributed by atoms with Crippen LogP contribution in [-0.4, -0.2) is 39.7 Å². The predicted molar refractivity (Wildman–Crippen MR) is 117 cm³/mol. The second-order valence-corrected chi connectivity index (χ2v) is 8.77. The minimum absolute atomic E-state index is 0.317. The lowest BCUT2D eigenvalue weighted by atomic mass is 10.1. The molecule has 2 N–H and O–H groups in total. The number of benzene rings is 2. The number of likely N-dealkylation sites (N-methyl/N-ethyl adjacent to an activating group) is 1. The molecule has 1 aliphatic rings. The van der Waals surface area contributed by atoms with Gasteiger partial charge in [-0.3, -0.25) is 0 Å². The monoisotopic (exact) mass is 405 g/mol. The van der Waals surface area contributed by atoms with E-state index in [1.807, 2.05) is 54.0 Å². The predicted octanol–water partition coefficient (Wildman–Crippen LogP) is 4.26. The number of aliphatic imine (C=N–C) groups is 1. The third-order valence-electron chi connectivity index (χ3n) is 4.50. The standard InChI is InChI=1S/C22H23N5OS/c1-14(2)29-17-11-9-15(10-12-17)18-13-27(3)20(23)19(24-18)22-26-25-21(28-22)16-7-5-4-6-8-16/h4-12,14H,13,23H2,1-3H3. The summed E-state index contributed by atoms with van der Waals surface area (Å²) in [6, 6.07) is 18.1. The van der Waals surface area contributed by atoms with Gasteiger partial charge in [-0.25, -0.2) is 4.99 Å². The first-order valence-electron chi connectivity index (χ1n) is 9.46. The van der Waals surface area contributed by atoms with Crippen molar-refractivity contribution >= 4 is 23.2 Å². The van der Waals surface area contributed by atoms with Crippen molar-refractivity contribution in [1.82, 2.24) is 15.1 Å². The van der Waals surface area contributed by atoms with Gasteiger partial charge in [-0.2, -0.15) is 0 Å². The quantitative estimate of drug-likeness (QED) is 0.639. The molecule has 0 fully saturated rings. The Morgan fingerprint density at radius 2 is 1.66 bits per heavy atom. The Kier molecular flexibility index (Phi) is 5.40. The summed E-state index contributed by atoms with van der Waals surface area (Å²) in [5, 5.41) is 8.89. The summed E-state index contributed by atoms with van der Waals surface area (Å²) in [4.78, 5) is 7.97. The second-order valence-electron chi connectivity index (χ2n) is 7.12. The number of nitrogens with zero attached hydrogens (tertiary/aromatic N) is 4. The van der Waals surface area contributed by atoms with E-state index in [0.717, 1.165) is 16.8 Å². The van der Waals surface area contributed by atoms with Gasteiger partial charge in [-0.05, 0) is 29.8 Å². The normalized spacial score (nSPS) is 14.5. The van der Waals surface area contributed by atoms with Gasteiger partial charge < -0.3 is 15.1 Å². The smallest absolute Gasteiger partial charge is 0.270 e. The fraction of sp³-hybridized carbons (Fsp3) is 0.227. The van der Waals surface area contributed by atoms with Crippen molar-refractivity contribution in [3.8, 4) is 11.5 Å². The van der Waals surface area contributed by atoms with Crippen LogP contribution in [0.15, 0.2) is 74.7 Å². The zero-order chi connectivity index (χ0) is 20.4. The number of rotatable bonds is 5. The fourth-order valence-corrected chi connectivity index (χ4v) is 3.88. The molecule has 29 heavy (non-hydrogen) atoms. The Morgan fingerprint density at radius 3 is 2.34 bits per heavy atom. The minimum Gasteiger partial charge on any atom is -0.414 e. The molecule has 2 heterocycles. The van der Waals surface area contributed by atoms with E-state index >= 15 is 0 Å². The number of hydrogen-bond donors (Lipinski definition) is 1. The van der Waals surface area contributed by atoms with Gasteiger partial charge >= 0.3 is 0 Å². The lowest BCUT2D eigenvalue weighted by Gasteiger charge is -2.26. The van der Waals surface area contributed by atoms with Crippen molar-refractivity contribution in [2.24, 2.45) is 10.7 Å². The summed E-state index contributed by atoms with van der Waals surface area (Å²) in [6.45, 7) is 4.99. The Bertz CT molecular complexity index is 1050. The molecule has 0 unspecified atom stereocenters. The number of hydrogen-bond acceptors (Lipinski definition) is 7. The maximum absolute atomic E-state index is 6.29. The average molecular weight is 406 g/mol. The van der Waals surface area contributed by atoms with Crippen LogP contribution < -0.4 is 5.73 Å². The summed E-state index contributed by atoms with van der Waals surface area (Å²) in [5.74, 6) is 1.28. The van der Waals surface area contributed by atoms with E-state index in [2.05, 4.69) is 48.3 Å². The molecule has 3 aromatic rings. The molecule has 2 aromatic carbocycles. The third kappa shape index (κ3) is 4.19. The first-order chi connectivity index (χ1) is 14.0. The summed E-state index contributed by atoms with van der Waals surface area (Å²) < 4.78 is 5.88. The van der Waals surface area contributed by atoms with Crippen molar-refractivity contribution in [2.45, 2.75) is 24.0 Å². The number of nitrogens with two attached hydrogens (primary N) is 1. The van der Waals surface area contributed by atoms with Crippen molar-refractivity contribution in [2.75, 3.05) is 13.6 Å². The van der Waals surface area contributed by atoms with Gasteiger partial charge in [-0.1, -0.05) is 44.2 Å². The molecular formula is C22H23N5OS. The highest BCUT2D eigenvalue weighted by Gasteiger charge is 2.24. The van der Waals surface area contributed by atoms with E-state index < -0.39 is 0 Å². The molecule has 0 bridgehead atoms. The third-order valence-corrected chi connectivity index (χ3v) is 5.51. The second kappa shape index (κ2) is 8.13. The van der Waals surface area contributed by atoms with Crippen molar-refractivity contribution in [3.05, 3.63) is 71.9 Å². The molecular weight excluding hydrogens is 382 g/mol. The van der Waals surface area contributed by atoms with Gasteiger partial charge in [0.25, 0.3) is 5.89 Å². The summed E-state index contributed by atoms with van der Waals surface area (Å²) >= 11 is 1.84. The maximum atomic E-state index is 6.29. The van der Waals surface area contributed by atoms with E-state index in [9.17, 15) is 0 Å². The Balaban J connectivity index is 1.65. The molecule has 7 heteroatoms. The zero-order valence-corrected chi connectivity index (χ0v) is 17.5. The lowest BCUT2D eigenvalue weighted by molar-refractivity contribution is 0.461. The molecule has 0 atom stereocenters. The van der Waals surface area contributed by atoms with Crippen molar-refractivity contribution < 1.29 is 4.42 Å². The van der Waals surface area contributed by atoms with Crippen LogP contribution >= 0.6 is 11.8 Å². The van der Waals surface area contributed by atoms with Crippen LogP contribution in [0, 0.1) is 0 Å². The van der Waals surface area contributed by atoms with Gasteiger partial charge in [0.1, 0.15) is 5.82 Å². The highest BCUT2D eigenvalue weighted by Crippen LogP contribution is 2.28. The molecule has 6 nitrogen and oxygen atoms in total. The van der Waals surface area contributed by atoms with E-state index in [1.54, 1.807) is 0 Å². The van der Waals surface area contributed by atoms with E-state index in [0.29, 0.717) is 35.1 Å². The average Bonchev–Trinajstić information content (AvgIpc) is 3.21. The highest BCUT2D eigenvalue weighted by atomic mass is 32.2. The van der Waals surface area contributed by atoms with Crippen LogP contribution in [0.5, 0.6) is 0 Å².